The zero-order valence-corrected chi connectivity index (χ0v) is 17.6. The second-order valence-electron chi connectivity index (χ2n) is 9.21. The maximum absolute atomic E-state index is 13.4. The quantitative estimate of drug-likeness (QED) is 0.426. The number of allylic oxidation sites excluding steroid dienone is 1. The van der Waals surface area contributed by atoms with Gasteiger partial charge in [0.1, 0.15) is 22.8 Å². The molecule has 0 fully saturated rings. The molecular formula is C23H24O8. The van der Waals surface area contributed by atoms with Crippen LogP contribution >= 0.6 is 0 Å². The summed E-state index contributed by atoms with van der Waals surface area (Å²) in [6.07, 6.45) is -2.04. The van der Waals surface area contributed by atoms with Crippen LogP contribution in [0.25, 0.3) is 0 Å². The van der Waals surface area contributed by atoms with Gasteiger partial charge in [-0.05, 0) is 24.5 Å². The molecule has 1 aromatic carbocycles. The lowest BCUT2D eigenvalue weighted by atomic mass is 9.45. The number of phenolic OH excluding ortho intramolecular Hbond substituents is 1. The maximum atomic E-state index is 13.4. The number of carbonyl (C=O) groups is 3. The minimum Gasteiger partial charge on any atom is -0.511 e. The number of carbonyl (C=O) groups excluding carboxylic acids is 3. The van der Waals surface area contributed by atoms with Gasteiger partial charge in [-0.15, -0.1) is 0 Å². The van der Waals surface area contributed by atoms with Gasteiger partial charge in [0.15, 0.2) is 17.2 Å². The molecule has 164 valence electrons. The number of aromatic hydroxyl groups is 1. The molecule has 0 heterocycles. The third-order valence-corrected chi connectivity index (χ3v) is 7.74. The Morgan fingerprint density at radius 3 is 2.32 bits per heavy atom. The molecule has 0 aromatic heterocycles. The van der Waals surface area contributed by atoms with Crippen LogP contribution in [0.4, 0.5) is 0 Å². The summed E-state index contributed by atoms with van der Waals surface area (Å²) in [5, 5.41) is 55.1. The third-order valence-electron chi connectivity index (χ3n) is 7.74. The Bertz CT molecular complexity index is 1140. The first-order chi connectivity index (χ1) is 14.3. The van der Waals surface area contributed by atoms with Crippen LogP contribution in [0.5, 0.6) is 5.75 Å². The summed E-state index contributed by atoms with van der Waals surface area (Å²) in [7, 11) is 0. The van der Waals surface area contributed by atoms with E-state index in [1.165, 1.54) is 19.9 Å². The van der Waals surface area contributed by atoms with E-state index < -0.39 is 69.3 Å². The van der Waals surface area contributed by atoms with Gasteiger partial charge in [0, 0.05) is 17.3 Å². The number of rotatable bonds is 1. The van der Waals surface area contributed by atoms with Crippen LogP contribution < -0.4 is 0 Å². The normalized spacial score (nSPS) is 37.4. The standard InChI is InChI=1S/C23H24O8/c1-9-11-6-5-7-12(25)15(11)17(27)16-19(29)23(31)18(28)14(10(2)24)13(26)8-21(23,3)20(30)22(9,16)4/h5-7,9,20,25-26,29-31H,8H2,1-4H3/t9-,20+,21+,22+,23+/m1/s1. The maximum Gasteiger partial charge on any atom is 0.209 e. The third kappa shape index (κ3) is 2.14. The molecular weight excluding hydrogens is 404 g/mol. The molecule has 5 N–H and O–H groups in total. The zero-order valence-electron chi connectivity index (χ0n) is 17.6. The Hall–Kier alpha value is -2.97. The van der Waals surface area contributed by atoms with Gasteiger partial charge in [-0.25, -0.2) is 0 Å². The van der Waals surface area contributed by atoms with E-state index >= 15 is 0 Å². The number of fused-ring (bicyclic) bond motifs is 3. The highest BCUT2D eigenvalue weighted by molar-refractivity contribution is 6.25. The number of ketones is 3. The summed E-state index contributed by atoms with van der Waals surface area (Å²) in [5.41, 5.74) is -6.81. The average Bonchev–Trinajstić information content (AvgIpc) is 2.68. The van der Waals surface area contributed by atoms with Gasteiger partial charge in [-0.3, -0.25) is 14.4 Å². The molecule has 8 heteroatoms. The van der Waals surface area contributed by atoms with Gasteiger partial charge in [0.2, 0.25) is 5.78 Å². The summed E-state index contributed by atoms with van der Waals surface area (Å²) in [6.45, 7) is 5.60. The van der Waals surface area contributed by atoms with Crippen LogP contribution in [0.15, 0.2) is 40.9 Å². The Labute approximate surface area is 178 Å². The lowest BCUT2D eigenvalue weighted by Gasteiger charge is -2.60. The van der Waals surface area contributed by atoms with E-state index in [1.807, 2.05) is 0 Å². The van der Waals surface area contributed by atoms with E-state index in [0.29, 0.717) is 5.56 Å². The molecule has 0 unspecified atom stereocenters. The largest absolute Gasteiger partial charge is 0.511 e. The summed E-state index contributed by atoms with van der Waals surface area (Å²) < 4.78 is 0. The minimum absolute atomic E-state index is 0.0816. The first-order valence-electron chi connectivity index (χ1n) is 9.95. The van der Waals surface area contributed by atoms with Crippen molar-refractivity contribution < 1.29 is 39.9 Å². The molecule has 1 aromatic rings. The van der Waals surface area contributed by atoms with Crippen LogP contribution in [0.1, 0.15) is 56.0 Å². The number of hydrogen-bond acceptors (Lipinski definition) is 8. The Kier molecular flexibility index (Phi) is 4.15. The van der Waals surface area contributed by atoms with Crippen molar-refractivity contribution >= 4 is 17.3 Å². The summed E-state index contributed by atoms with van der Waals surface area (Å²) in [6, 6.07) is 4.49. The predicted molar refractivity (Wildman–Crippen MR) is 108 cm³/mol. The highest BCUT2D eigenvalue weighted by Crippen LogP contribution is 2.65. The van der Waals surface area contributed by atoms with Gasteiger partial charge >= 0.3 is 0 Å². The van der Waals surface area contributed by atoms with Crippen molar-refractivity contribution in [3.63, 3.8) is 0 Å². The SMILES string of the molecule is CC(=O)C1=C(O)C[C@@]2(C)[C@H](O)[C@]3(C)C(=C(O)[C@@]2(O)C1=O)C(=O)c1c(O)cccc1[C@H]3C. The first-order valence-corrected chi connectivity index (χ1v) is 9.95. The van der Waals surface area contributed by atoms with Gasteiger partial charge in [-0.1, -0.05) is 32.9 Å². The number of phenols is 1. The molecule has 3 aliphatic rings. The van der Waals surface area contributed by atoms with Crippen LogP contribution in [0.2, 0.25) is 0 Å². The van der Waals surface area contributed by atoms with Crippen LogP contribution in [-0.2, 0) is 9.59 Å². The Balaban J connectivity index is 2.11. The molecule has 0 radical (unpaired) electrons. The lowest BCUT2D eigenvalue weighted by Crippen LogP contribution is -2.70. The smallest absolute Gasteiger partial charge is 0.209 e. The monoisotopic (exact) mass is 428 g/mol. The van der Waals surface area contributed by atoms with Crippen molar-refractivity contribution in [1.82, 2.24) is 0 Å². The van der Waals surface area contributed by atoms with Crippen molar-refractivity contribution in [3.05, 3.63) is 52.0 Å². The van der Waals surface area contributed by atoms with E-state index in [4.69, 9.17) is 0 Å². The average molecular weight is 428 g/mol. The van der Waals surface area contributed by atoms with Crippen LogP contribution in [-0.4, -0.2) is 54.6 Å². The molecule has 0 saturated heterocycles. The minimum atomic E-state index is -2.81. The highest BCUT2D eigenvalue weighted by Gasteiger charge is 2.73. The van der Waals surface area contributed by atoms with Crippen molar-refractivity contribution in [3.8, 4) is 5.75 Å². The van der Waals surface area contributed by atoms with Crippen molar-refractivity contribution in [2.45, 2.75) is 51.7 Å². The second kappa shape index (κ2) is 6.05. The van der Waals surface area contributed by atoms with Gasteiger partial charge in [0.05, 0.1) is 17.2 Å². The molecule has 31 heavy (non-hydrogen) atoms. The lowest BCUT2D eigenvalue weighted by molar-refractivity contribution is -0.191. The van der Waals surface area contributed by atoms with Gasteiger partial charge in [0.25, 0.3) is 0 Å². The van der Waals surface area contributed by atoms with Crippen molar-refractivity contribution in [1.29, 1.82) is 0 Å². The molecule has 0 bridgehead atoms. The van der Waals surface area contributed by atoms with Crippen LogP contribution in [0, 0.1) is 10.8 Å². The summed E-state index contributed by atoms with van der Waals surface area (Å²) in [4.78, 5) is 38.7. The van der Waals surface area contributed by atoms with Crippen LogP contribution in [0.3, 0.4) is 0 Å². The number of hydrogen-bond donors (Lipinski definition) is 5. The Morgan fingerprint density at radius 1 is 1.13 bits per heavy atom. The fourth-order valence-electron chi connectivity index (χ4n) is 5.82. The number of Topliss-reactive ketones (excluding diaryl/α,β-unsaturated/α-hetero) is 3. The molecule has 3 aliphatic carbocycles. The second-order valence-corrected chi connectivity index (χ2v) is 9.21. The molecule has 8 nitrogen and oxygen atoms in total. The van der Waals surface area contributed by atoms with E-state index in [2.05, 4.69) is 0 Å². The van der Waals surface area contributed by atoms with E-state index in [9.17, 15) is 39.9 Å². The molecule has 0 spiro atoms. The van der Waals surface area contributed by atoms with Gasteiger partial charge < -0.3 is 25.5 Å². The first kappa shape index (κ1) is 21.3. The molecule has 5 atom stereocenters. The molecule has 4 rings (SSSR count). The van der Waals surface area contributed by atoms with E-state index in [-0.39, 0.29) is 16.9 Å². The highest BCUT2D eigenvalue weighted by atomic mass is 16.4. The number of benzene rings is 1. The number of aliphatic hydroxyl groups is 4. The molecule has 0 amide bonds. The van der Waals surface area contributed by atoms with Crippen molar-refractivity contribution in [2.75, 3.05) is 0 Å². The summed E-state index contributed by atoms with van der Waals surface area (Å²) >= 11 is 0. The van der Waals surface area contributed by atoms with E-state index in [0.717, 1.165) is 6.92 Å². The predicted octanol–water partition coefficient (Wildman–Crippen LogP) is 2.00. The van der Waals surface area contributed by atoms with Gasteiger partial charge in [-0.2, -0.15) is 0 Å². The Morgan fingerprint density at radius 2 is 1.74 bits per heavy atom. The van der Waals surface area contributed by atoms with E-state index in [1.54, 1.807) is 19.1 Å². The fraction of sp³-hybridized carbons (Fsp3) is 0.435. The zero-order chi connectivity index (χ0) is 23.3. The topological polar surface area (TPSA) is 152 Å². The fourth-order valence-corrected chi connectivity index (χ4v) is 5.82. The molecule has 0 saturated carbocycles. The summed E-state index contributed by atoms with van der Waals surface area (Å²) in [5.74, 6) is -5.41. The number of aliphatic hydroxyl groups excluding tert-OH is 3. The van der Waals surface area contributed by atoms with Crippen molar-refractivity contribution in [2.24, 2.45) is 10.8 Å². The molecule has 0 aliphatic heterocycles.